The molecular weight excluding hydrogens is 415 g/mol. The van der Waals surface area contributed by atoms with Crippen molar-refractivity contribution in [2.45, 2.75) is 6.10 Å². The lowest BCUT2D eigenvalue weighted by molar-refractivity contribution is -0.142. The van der Waals surface area contributed by atoms with Gasteiger partial charge in [-0.1, -0.05) is 12.1 Å². The van der Waals surface area contributed by atoms with Gasteiger partial charge in [0.2, 0.25) is 6.10 Å². The van der Waals surface area contributed by atoms with Gasteiger partial charge in [0.25, 0.3) is 11.8 Å². The molecule has 0 bridgehead atoms. The molecule has 0 aliphatic carbocycles. The number of piperazine rings is 1. The van der Waals surface area contributed by atoms with Gasteiger partial charge < -0.3 is 23.7 Å². The van der Waals surface area contributed by atoms with Crippen molar-refractivity contribution in [1.82, 2.24) is 9.80 Å². The highest BCUT2D eigenvalue weighted by Crippen LogP contribution is 2.31. The Bertz CT molecular complexity index is 1140. The number of carbonyl (C=O) groups is 2. The van der Waals surface area contributed by atoms with Crippen molar-refractivity contribution in [2.75, 3.05) is 32.8 Å². The monoisotopic (exact) mass is 436 g/mol. The number of amides is 2. The average molecular weight is 436 g/mol. The lowest BCUT2D eigenvalue weighted by Crippen LogP contribution is -2.55. The third-order valence-electron chi connectivity index (χ3n) is 5.61. The van der Waals surface area contributed by atoms with Crippen molar-refractivity contribution < 1.29 is 27.9 Å². The summed E-state index contributed by atoms with van der Waals surface area (Å²) in [6, 6.07) is 16.4. The number of halogens is 1. The second-order valence-corrected chi connectivity index (χ2v) is 7.65. The molecule has 8 heteroatoms. The Kier molecular flexibility index (Phi) is 5.26. The van der Waals surface area contributed by atoms with Gasteiger partial charge in [-0.2, -0.15) is 0 Å². The second kappa shape index (κ2) is 8.37. The van der Waals surface area contributed by atoms with Gasteiger partial charge in [0.05, 0.1) is 0 Å². The van der Waals surface area contributed by atoms with Crippen LogP contribution in [-0.4, -0.2) is 60.5 Å². The summed E-state index contributed by atoms with van der Waals surface area (Å²) in [7, 11) is 0. The van der Waals surface area contributed by atoms with Crippen LogP contribution in [0.15, 0.2) is 65.1 Å². The number of hydrogen-bond donors (Lipinski definition) is 0. The molecule has 164 valence electrons. The van der Waals surface area contributed by atoms with Gasteiger partial charge in [-0.3, -0.25) is 9.59 Å². The molecule has 7 nitrogen and oxygen atoms in total. The maximum Gasteiger partial charge on any atom is 0.289 e. The topological polar surface area (TPSA) is 72.2 Å². The van der Waals surface area contributed by atoms with Crippen LogP contribution in [0.25, 0.3) is 11.3 Å². The fourth-order valence-electron chi connectivity index (χ4n) is 3.85. The highest BCUT2D eigenvalue weighted by molar-refractivity contribution is 5.92. The Balaban J connectivity index is 1.18. The molecule has 0 N–H and O–H groups in total. The quantitative estimate of drug-likeness (QED) is 0.631. The van der Waals surface area contributed by atoms with Gasteiger partial charge >= 0.3 is 0 Å². The molecule has 2 amide bonds. The molecule has 1 aromatic heterocycles. The molecule has 0 spiro atoms. The van der Waals surface area contributed by atoms with E-state index >= 15 is 0 Å². The van der Waals surface area contributed by atoms with E-state index in [1.165, 1.54) is 12.1 Å². The van der Waals surface area contributed by atoms with Crippen LogP contribution in [0.2, 0.25) is 0 Å². The summed E-state index contributed by atoms with van der Waals surface area (Å²) in [4.78, 5) is 29.1. The first-order valence-corrected chi connectivity index (χ1v) is 10.4. The zero-order valence-corrected chi connectivity index (χ0v) is 17.2. The standard InChI is InChI=1S/C24H21FN2O5/c25-17-7-5-16(6-8-17)18-9-10-21(31-18)23(28)26-11-13-27(14-12-26)24(29)22-15-30-19-3-1-2-4-20(19)32-22/h1-10,22H,11-15H2. The number of fused-ring (bicyclic) bond motifs is 1. The van der Waals surface area contributed by atoms with Crippen LogP contribution >= 0.6 is 0 Å². The third kappa shape index (κ3) is 3.91. The predicted molar refractivity (Wildman–Crippen MR) is 113 cm³/mol. The Morgan fingerprint density at radius 1 is 0.844 bits per heavy atom. The Morgan fingerprint density at radius 2 is 1.53 bits per heavy atom. The number of benzene rings is 2. The van der Waals surface area contributed by atoms with E-state index in [1.54, 1.807) is 46.2 Å². The lowest BCUT2D eigenvalue weighted by Gasteiger charge is -2.36. The molecule has 1 atom stereocenters. The van der Waals surface area contributed by atoms with Gasteiger partial charge in [0.15, 0.2) is 17.3 Å². The van der Waals surface area contributed by atoms with Crippen molar-refractivity contribution in [1.29, 1.82) is 0 Å². The summed E-state index contributed by atoms with van der Waals surface area (Å²) in [5.74, 6) is 1.17. The first-order chi connectivity index (χ1) is 15.6. The summed E-state index contributed by atoms with van der Waals surface area (Å²) in [5, 5.41) is 0. The van der Waals surface area contributed by atoms with E-state index in [1.807, 2.05) is 12.1 Å². The minimum atomic E-state index is -0.699. The van der Waals surface area contributed by atoms with Crippen LogP contribution in [0.4, 0.5) is 4.39 Å². The smallest absolute Gasteiger partial charge is 0.289 e. The zero-order valence-electron chi connectivity index (χ0n) is 17.2. The first-order valence-electron chi connectivity index (χ1n) is 10.4. The molecule has 1 unspecified atom stereocenters. The average Bonchev–Trinajstić information content (AvgIpc) is 3.34. The van der Waals surface area contributed by atoms with Crippen LogP contribution < -0.4 is 9.47 Å². The number of carbonyl (C=O) groups excluding carboxylic acids is 2. The molecule has 1 fully saturated rings. The lowest BCUT2D eigenvalue weighted by atomic mass is 10.2. The van der Waals surface area contributed by atoms with E-state index in [2.05, 4.69) is 0 Å². The van der Waals surface area contributed by atoms with Gasteiger partial charge in [-0.25, -0.2) is 4.39 Å². The van der Waals surface area contributed by atoms with E-state index in [9.17, 15) is 14.0 Å². The summed E-state index contributed by atoms with van der Waals surface area (Å²) >= 11 is 0. The van der Waals surface area contributed by atoms with Crippen molar-refractivity contribution in [3.8, 4) is 22.8 Å². The number of furan rings is 1. The van der Waals surface area contributed by atoms with Crippen molar-refractivity contribution in [3.63, 3.8) is 0 Å². The summed E-state index contributed by atoms with van der Waals surface area (Å²) in [6.45, 7) is 1.74. The van der Waals surface area contributed by atoms with Crippen LogP contribution in [0.3, 0.4) is 0 Å². The minimum Gasteiger partial charge on any atom is -0.485 e. The van der Waals surface area contributed by atoms with Crippen molar-refractivity contribution in [2.24, 2.45) is 0 Å². The second-order valence-electron chi connectivity index (χ2n) is 7.65. The molecule has 1 saturated heterocycles. The molecule has 0 radical (unpaired) electrons. The maximum absolute atomic E-state index is 13.1. The molecule has 3 heterocycles. The van der Waals surface area contributed by atoms with Gasteiger partial charge in [-0.15, -0.1) is 0 Å². The van der Waals surface area contributed by atoms with Crippen LogP contribution in [0.1, 0.15) is 10.6 Å². The molecule has 3 aromatic rings. The van der Waals surface area contributed by atoms with Crippen molar-refractivity contribution >= 4 is 11.8 Å². The number of rotatable bonds is 3. The normalized spacial score (nSPS) is 17.8. The van der Waals surface area contributed by atoms with Crippen LogP contribution in [0, 0.1) is 5.82 Å². The molecule has 2 aliphatic heterocycles. The van der Waals surface area contributed by atoms with E-state index in [0.717, 1.165) is 0 Å². The van der Waals surface area contributed by atoms with E-state index in [-0.39, 0.29) is 30.0 Å². The number of para-hydroxylation sites is 2. The SMILES string of the molecule is O=C(c1ccc(-c2ccc(F)cc2)o1)N1CCN(C(=O)C2COc3ccccc3O2)CC1. The summed E-state index contributed by atoms with van der Waals surface area (Å²) in [5.41, 5.74) is 0.692. The van der Waals surface area contributed by atoms with E-state index in [0.29, 0.717) is 49.0 Å². The van der Waals surface area contributed by atoms with Crippen LogP contribution in [0.5, 0.6) is 11.5 Å². The number of hydrogen-bond acceptors (Lipinski definition) is 5. The Hall–Kier alpha value is -3.81. The molecule has 5 rings (SSSR count). The molecule has 2 aliphatic rings. The molecule has 0 saturated carbocycles. The van der Waals surface area contributed by atoms with Crippen LogP contribution in [-0.2, 0) is 4.79 Å². The molecular formula is C24H21FN2O5. The van der Waals surface area contributed by atoms with Gasteiger partial charge in [0.1, 0.15) is 18.2 Å². The fourth-order valence-corrected chi connectivity index (χ4v) is 3.85. The van der Waals surface area contributed by atoms with Gasteiger partial charge in [0, 0.05) is 31.7 Å². The summed E-state index contributed by atoms with van der Waals surface area (Å²) < 4.78 is 30.3. The predicted octanol–water partition coefficient (Wildman–Crippen LogP) is 3.21. The zero-order chi connectivity index (χ0) is 22.1. The van der Waals surface area contributed by atoms with E-state index < -0.39 is 6.10 Å². The summed E-state index contributed by atoms with van der Waals surface area (Å²) in [6.07, 6.45) is -0.699. The van der Waals surface area contributed by atoms with Crippen molar-refractivity contribution in [3.05, 3.63) is 72.2 Å². The number of ether oxygens (including phenoxy) is 2. The largest absolute Gasteiger partial charge is 0.485 e. The Labute approximate surface area is 183 Å². The molecule has 2 aromatic carbocycles. The Morgan fingerprint density at radius 3 is 2.28 bits per heavy atom. The van der Waals surface area contributed by atoms with Gasteiger partial charge in [-0.05, 0) is 48.5 Å². The first kappa shape index (κ1) is 20.1. The molecule has 32 heavy (non-hydrogen) atoms. The number of nitrogens with zero attached hydrogens (tertiary/aromatic N) is 2. The highest BCUT2D eigenvalue weighted by atomic mass is 19.1. The highest BCUT2D eigenvalue weighted by Gasteiger charge is 2.34. The third-order valence-corrected chi connectivity index (χ3v) is 5.61. The maximum atomic E-state index is 13.1. The fraction of sp³-hybridized carbons (Fsp3) is 0.250. The van der Waals surface area contributed by atoms with E-state index in [4.69, 9.17) is 13.9 Å². The minimum absolute atomic E-state index is 0.150.